The van der Waals surface area contributed by atoms with E-state index in [4.69, 9.17) is 11.5 Å². The van der Waals surface area contributed by atoms with Gasteiger partial charge < -0.3 is 11.5 Å². The molecule has 4 N–H and O–H groups in total. The van der Waals surface area contributed by atoms with E-state index in [1.807, 2.05) is 6.07 Å². The molecule has 1 aromatic carbocycles. The van der Waals surface area contributed by atoms with Crippen molar-refractivity contribution in [1.82, 2.24) is 4.98 Å². The maximum absolute atomic E-state index is 13.7. The summed E-state index contributed by atoms with van der Waals surface area (Å²) in [5.41, 5.74) is 13.1. The van der Waals surface area contributed by atoms with Crippen molar-refractivity contribution in [3.05, 3.63) is 57.9 Å². The fourth-order valence-corrected chi connectivity index (χ4v) is 2.46. The molecule has 0 aliphatic carbocycles. The minimum absolute atomic E-state index is 0.320. The van der Waals surface area contributed by atoms with E-state index < -0.39 is 6.04 Å². The zero-order chi connectivity index (χ0) is 13.1. The van der Waals surface area contributed by atoms with E-state index in [0.717, 1.165) is 5.56 Å². The standard InChI is InChI=1S/C13H13BrFN3/c14-9-4-1-5-10(15)12(9)11(16)7-8-3-2-6-18-13(8)17/h1-6,11H,7,16H2,(H2,17,18). The Kier molecular flexibility index (Phi) is 3.93. The second kappa shape index (κ2) is 5.46. The highest BCUT2D eigenvalue weighted by atomic mass is 79.9. The number of nitrogens with zero attached hydrogens (tertiary/aromatic N) is 1. The van der Waals surface area contributed by atoms with E-state index in [2.05, 4.69) is 20.9 Å². The highest BCUT2D eigenvalue weighted by Gasteiger charge is 2.16. The van der Waals surface area contributed by atoms with E-state index in [1.165, 1.54) is 6.07 Å². The molecule has 3 nitrogen and oxygen atoms in total. The lowest BCUT2D eigenvalue weighted by Crippen LogP contribution is -2.16. The van der Waals surface area contributed by atoms with Gasteiger partial charge in [0.15, 0.2) is 0 Å². The van der Waals surface area contributed by atoms with Crippen molar-refractivity contribution in [3.63, 3.8) is 0 Å². The minimum atomic E-state index is -0.466. The molecule has 1 heterocycles. The third kappa shape index (κ3) is 2.68. The van der Waals surface area contributed by atoms with E-state index in [0.29, 0.717) is 22.3 Å². The van der Waals surface area contributed by atoms with E-state index in [-0.39, 0.29) is 5.82 Å². The van der Waals surface area contributed by atoms with Crippen molar-refractivity contribution in [3.8, 4) is 0 Å². The lowest BCUT2D eigenvalue weighted by atomic mass is 9.99. The average Bonchev–Trinajstić information content (AvgIpc) is 2.32. The van der Waals surface area contributed by atoms with Crippen LogP contribution < -0.4 is 11.5 Å². The Labute approximate surface area is 113 Å². The molecule has 1 atom stereocenters. The summed E-state index contributed by atoms with van der Waals surface area (Å²) < 4.78 is 14.4. The SMILES string of the molecule is Nc1ncccc1CC(N)c1c(F)cccc1Br. The van der Waals surface area contributed by atoms with Gasteiger partial charge >= 0.3 is 0 Å². The van der Waals surface area contributed by atoms with Crippen molar-refractivity contribution in [2.24, 2.45) is 5.73 Å². The Morgan fingerprint density at radius 2 is 2.06 bits per heavy atom. The predicted octanol–water partition coefficient (Wildman–Crippen LogP) is 2.81. The summed E-state index contributed by atoms with van der Waals surface area (Å²) >= 11 is 3.31. The minimum Gasteiger partial charge on any atom is -0.383 e. The van der Waals surface area contributed by atoms with Crippen LogP contribution in [0.15, 0.2) is 41.0 Å². The summed E-state index contributed by atoms with van der Waals surface area (Å²) in [6, 6.07) is 7.96. The fourth-order valence-electron chi connectivity index (χ4n) is 1.83. The molecular formula is C13H13BrFN3. The van der Waals surface area contributed by atoms with E-state index in [1.54, 1.807) is 24.4 Å². The van der Waals surface area contributed by atoms with Gasteiger partial charge in [0.25, 0.3) is 0 Å². The molecule has 2 rings (SSSR count). The molecule has 94 valence electrons. The van der Waals surface area contributed by atoms with E-state index in [9.17, 15) is 4.39 Å². The summed E-state index contributed by atoms with van der Waals surface area (Å²) in [5, 5.41) is 0. The molecule has 0 amide bonds. The first kappa shape index (κ1) is 13.0. The lowest BCUT2D eigenvalue weighted by Gasteiger charge is -2.15. The number of hydrogen-bond acceptors (Lipinski definition) is 3. The van der Waals surface area contributed by atoms with Crippen molar-refractivity contribution in [1.29, 1.82) is 0 Å². The second-order valence-electron chi connectivity index (χ2n) is 3.99. The van der Waals surface area contributed by atoms with Crippen LogP contribution in [-0.2, 0) is 6.42 Å². The Hall–Kier alpha value is -1.46. The van der Waals surface area contributed by atoms with Crippen molar-refractivity contribution in [2.45, 2.75) is 12.5 Å². The van der Waals surface area contributed by atoms with Crippen LogP contribution in [0, 0.1) is 5.82 Å². The smallest absolute Gasteiger partial charge is 0.129 e. The zero-order valence-corrected chi connectivity index (χ0v) is 11.2. The van der Waals surface area contributed by atoms with Gasteiger partial charge in [-0.2, -0.15) is 0 Å². The van der Waals surface area contributed by atoms with Crippen LogP contribution in [0.2, 0.25) is 0 Å². The topological polar surface area (TPSA) is 64.9 Å². The highest BCUT2D eigenvalue weighted by molar-refractivity contribution is 9.10. The highest BCUT2D eigenvalue weighted by Crippen LogP contribution is 2.27. The van der Waals surface area contributed by atoms with Crippen LogP contribution in [0.5, 0.6) is 0 Å². The monoisotopic (exact) mass is 309 g/mol. The number of pyridine rings is 1. The predicted molar refractivity (Wildman–Crippen MR) is 73.4 cm³/mol. The number of benzene rings is 1. The maximum Gasteiger partial charge on any atom is 0.129 e. The van der Waals surface area contributed by atoms with Gasteiger partial charge in [0.05, 0.1) is 0 Å². The molecule has 18 heavy (non-hydrogen) atoms. The zero-order valence-electron chi connectivity index (χ0n) is 9.61. The molecule has 0 radical (unpaired) electrons. The summed E-state index contributed by atoms with van der Waals surface area (Å²) in [6.07, 6.45) is 2.06. The molecule has 0 aliphatic heterocycles. The largest absolute Gasteiger partial charge is 0.383 e. The number of halogens is 2. The van der Waals surface area contributed by atoms with Crippen LogP contribution in [0.1, 0.15) is 17.2 Å². The molecule has 0 saturated carbocycles. The lowest BCUT2D eigenvalue weighted by molar-refractivity contribution is 0.578. The summed E-state index contributed by atoms with van der Waals surface area (Å²) in [4.78, 5) is 3.99. The third-order valence-electron chi connectivity index (χ3n) is 2.74. The van der Waals surface area contributed by atoms with Gasteiger partial charge in [-0.1, -0.05) is 28.1 Å². The van der Waals surface area contributed by atoms with Gasteiger partial charge in [-0.3, -0.25) is 0 Å². The molecule has 0 saturated heterocycles. The van der Waals surface area contributed by atoms with Crippen molar-refractivity contribution in [2.75, 3.05) is 5.73 Å². The molecule has 1 unspecified atom stereocenters. The molecule has 0 bridgehead atoms. The molecule has 1 aromatic heterocycles. The summed E-state index contributed by atoms with van der Waals surface area (Å²) in [6.45, 7) is 0. The molecular weight excluding hydrogens is 297 g/mol. The van der Waals surface area contributed by atoms with Crippen LogP contribution >= 0.6 is 15.9 Å². The number of nitrogens with two attached hydrogens (primary N) is 2. The molecule has 0 spiro atoms. The number of aromatic nitrogens is 1. The first-order valence-corrected chi connectivity index (χ1v) is 6.27. The number of rotatable bonds is 3. The van der Waals surface area contributed by atoms with Gasteiger partial charge in [-0.25, -0.2) is 9.37 Å². The van der Waals surface area contributed by atoms with Gasteiger partial charge in [0, 0.05) is 22.3 Å². The molecule has 0 aliphatic rings. The number of nitrogen functional groups attached to an aromatic ring is 1. The Morgan fingerprint density at radius 1 is 1.28 bits per heavy atom. The number of anilines is 1. The third-order valence-corrected chi connectivity index (χ3v) is 3.43. The van der Waals surface area contributed by atoms with E-state index >= 15 is 0 Å². The van der Waals surface area contributed by atoms with Crippen molar-refractivity contribution < 1.29 is 4.39 Å². The first-order chi connectivity index (χ1) is 8.59. The number of hydrogen-bond donors (Lipinski definition) is 2. The fraction of sp³-hybridized carbons (Fsp3) is 0.154. The molecule has 0 fully saturated rings. The van der Waals surface area contributed by atoms with Gasteiger partial charge in [0.2, 0.25) is 0 Å². The first-order valence-electron chi connectivity index (χ1n) is 5.48. The molecule has 5 heteroatoms. The Balaban J connectivity index is 2.28. The normalized spacial score (nSPS) is 12.4. The quantitative estimate of drug-likeness (QED) is 0.916. The Bertz CT molecular complexity index is 539. The summed E-state index contributed by atoms with van der Waals surface area (Å²) in [7, 11) is 0. The van der Waals surface area contributed by atoms with Crippen molar-refractivity contribution >= 4 is 21.7 Å². The van der Waals surface area contributed by atoms with Gasteiger partial charge in [-0.05, 0) is 30.2 Å². The van der Waals surface area contributed by atoms with Crippen LogP contribution in [-0.4, -0.2) is 4.98 Å². The van der Waals surface area contributed by atoms with Crippen LogP contribution in [0.25, 0.3) is 0 Å². The van der Waals surface area contributed by atoms with Gasteiger partial charge in [0.1, 0.15) is 11.6 Å². The van der Waals surface area contributed by atoms with Gasteiger partial charge in [-0.15, -0.1) is 0 Å². The van der Waals surface area contributed by atoms with Crippen LogP contribution in [0.4, 0.5) is 10.2 Å². The van der Waals surface area contributed by atoms with Crippen LogP contribution in [0.3, 0.4) is 0 Å². The average molecular weight is 310 g/mol. The Morgan fingerprint density at radius 3 is 2.72 bits per heavy atom. The summed E-state index contributed by atoms with van der Waals surface area (Å²) in [5.74, 6) is 0.111. The second-order valence-corrected chi connectivity index (χ2v) is 4.85. The maximum atomic E-state index is 13.7. The molecule has 2 aromatic rings.